The minimum atomic E-state index is -0.357. The fourth-order valence-corrected chi connectivity index (χ4v) is 5.17. The van der Waals surface area contributed by atoms with Crippen LogP contribution in [0, 0.1) is 6.92 Å². The lowest BCUT2D eigenvalue weighted by Gasteiger charge is -2.38. The van der Waals surface area contributed by atoms with Crippen LogP contribution in [0.25, 0.3) is 17.5 Å². The molecule has 0 spiro atoms. The molecular formula is C27H32N2O4S. The molecule has 1 fully saturated rings. The average Bonchev–Trinajstić information content (AvgIpc) is 3.39. The highest BCUT2D eigenvalue weighted by molar-refractivity contribution is 8.01. The lowest BCUT2D eigenvalue weighted by atomic mass is 9.84. The molecule has 0 saturated heterocycles. The number of anilines is 1. The third-order valence-electron chi connectivity index (χ3n) is 6.09. The number of benzene rings is 1. The van der Waals surface area contributed by atoms with Gasteiger partial charge in [0.15, 0.2) is 0 Å². The van der Waals surface area contributed by atoms with Crippen molar-refractivity contribution in [2.45, 2.75) is 44.3 Å². The van der Waals surface area contributed by atoms with Gasteiger partial charge >= 0.3 is 5.97 Å². The summed E-state index contributed by atoms with van der Waals surface area (Å²) in [5, 5.41) is 0. The fourth-order valence-electron chi connectivity index (χ4n) is 3.90. The highest BCUT2D eigenvalue weighted by Gasteiger charge is 2.45. The van der Waals surface area contributed by atoms with Crippen molar-refractivity contribution in [2.24, 2.45) is 0 Å². The third-order valence-corrected chi connectivity index (χ3v) is 7.58. The van der Waals surface area contributed by atoms with Crippen LogP contribution in [-0.2, 0) is 16.0 Å². The van der Waals surface area contributed by atoms with E-state index in [2.05, 4.69) is 17.0 Å². The predicted molar refractivity (Wildman–Crippen MR) is 137 cm³/mol. The number of hydrogen-bond donors (Lipinski definition) is 0. The zero-order valence-electron chi connectivity index (χ0n) is 20.3. The molecule has 0 amide bonds. The number of ether oxygens (including phenoxy) is 1. The van der Waals surface area contributed by atoms with Crippen molar-refractivity contribution in [2.75, 3.05) is 31.4 Å². The monoisotopic (exact) mass is 480 g/mol. The first-order valence-corrected chi connectivity index (χ1v) is 12.7. The van der Waals surface area contributed by atoms with Gasteiger partial charge < -0.3 is 18.5 Å². The quantitative estimate of drug-likeness (QED) is 0.323. The number of aromatic nitrogens is 1. The van der Waals surface area contributed by atoms with Gasteiger partial charge in [-0.3, -0.25) is 4.79 Å². The van der Waals surface area contributed by atoms with Gasteiger partial charge in [-0.25, -0.2) is 4.98 Å². The van der Waals surface area contributed by atoms with E-state index in [0.29, 0.717) is 18.9 Å². The zero-order chi connectivity index (χ0) is 24.1. The summed E-state index contributed by atoms with van der Waals surface area (Å²) >= 11 is 1.66. The number of hydrogen-bond acceptors (Lipinski definition) is 7. The summed E-state index contributed by atoms with van der Waals surface area (Å²) in [6, 6.07) is 12.1. The fraction of sp³-hybridized carbons (Fsp3) is 0.407. The van der Waals surface area contributed by atoms with E-state index in [9.17, 15) is 4.79 Å². The van der Waals surface area contributed by atoms with Crippen molar-refractivity contribution in [3.8, 4) is 11.5 Å². The maximum Gasteiger partial charge on any atom is 0.322 e. The Bertz CT molecular complexity index is 1140. The molecule has 0 aliphatic heterocycles. The van der Waals surface area contributed by atoms with Gasteiger partial charge in [0.05, 0.1) is 18.7 Å². The Kier molecular flexibility index (Phi) is 7.51. The Balaban J connectivity index is 1.34. The SMILES string of the molecule is CCOC(=O)C1(SCC=Cc2ccc(Cc3nc(-c4ccc(N(C)C)cc4)oc3C)o2)CCC1. The number of nitrogens with zero attached hydrogens (tertiary/aromatic N) is 2. The van der Waals surface area contributed by atoms with Crippen LogP contribution in [0.3, 0.4) is 0 Å². The summed E-state index contributed by atoms with van der Waals surface area (Å²) in [6.45, 7) is 4.22. The number of oxazole rings is 1. The molecule has 180 valence electrons. The number of aryl methyl sites for hydroxylation is 1. The molecular weight excluding hydrogens is 448 g/mol. The van der Waals surface area contributed by atoms with Crippen molar-refractivity contribution in [3.05, 3.63) is 65.4 Å². The van der Waals surface area contributed by atoms with Crippen LogP contribution >= 0.6 is 11.8 Å². The summed E-state index contributed by atoms with van der Waals surface area (Å²) in [6.07, 6.45) is 7.45. The van der Waals surface area contributed by atoms with Gasteiger partial charge in [0, 0.05) is 31.1 Å². The van der Waals surface area contributed by atoms with E-state index in [-0.39, 0.29) is 10.7 Å². The first kappa shape index (κ1) is 24.2. The molecule has 4 rings (SSSR count). The Labute approximate surface area is 205 Å². The number of thioether (sulfide) groups is 1. The van der Waals surface area contributed by atoms with Gasteiger partial charge in [0.1, 0.15) is 22.0 Å². The lowest BCUT2D eigenvalue weighted by molar-refractivity contribution is -0.148. The standard InChI is InChI=1S/C27H32N2O4S/c1-5-31-26(30)27(15-7-16-27)34-17-6-8-22-13-14-23(33-22)18-24-19(2)32-25(28-24)20-9-11-21(12-10-20)29(3)4/h6,8-14H,5,7,15-18H2,1-4H3. The second kappa shape index (κ2) is 10.6. The Morgan fingerprint density at radius 3 is 2.59 bits per heavy atom. The second-order valence-corrected chi connectivity index (χ2v) is 10.1. The molecule has 1 aromatic carbocycles. The van der Waals surface area contributed by atoms with Gasteiger partial charge in [-0.2, -0.15) is 0 Å². The average molecular weight is 481 g/mol. The first-order valence-electron chi connectivity index (χ1n) is 11.7. The predicted octanol–water partition coefficient (Wildman–Crippen LogP) is 6.13. The van der Waals surface area contributed by atoms with E-state index in [1.54, 1.807) is 11.8 Å². The van der Waals surface area contributed by atoms with Gasteiger partial charge in [0.25, 0.3) is 0 Å². The highest BCUT2D eigenvalue weighted by atomic mass is 32.2. The van der Waals surface area contributed by atoms with Crippen molar-refractivity contribution in [1.29, 1.82) is 0 Å². The van der Waals surface area contributed by atoms with Crippen LogP contribution in [-0.4, -0.2) is 42.2 Å². The van der Waals surface area contributed by atoms with Gasteiger partial charge in [-0.1, -0.05) is 6.08 Å². The van der Waals surface area contributed by atoms with E-state index in [4.69, 9.17) is 18.6 Å². The van der Waals surface area contributed by atoms with E-state index in [0.717, 1.165) is 59.2 Å². The number of carbonyl (C=O) groups excluding carboxylic acids is 1. The third kappa shape index (κ3) is 5.41. The van der Waals surface area contributed by atoms with Crippen LogP contribution < -0.4 is 4.90 Å². The summed E-state index contributed by atoms with van der Waals surface area (Å²) in [5.74, 6) is 3.70. The maximum absolute atomic E-state index is 12.2. The van der Waals surface area contributed by atoms with E-state index in [1.807, 2.05) is 64.4 Å². The van der Waals surface area contributed by atoms with Gasteiger partial charge in [-0.05, 0) is 75.6 Å². The Morgan fingerprint density at radius 2 is 1.94 bits per heavy atom. The molecule has 1 aliphatic rings. The second-order valence-electron chi connectivity index (χ2n) is 8.73. The smallest absolute Gasteiger partial charge is 0.322 e. The summed E-state index contributed by atoms with van der Waals surface area (Å²) in [7, 11) is 4.03. The Morgan fingerprint density at radius 1 is 1.18 bits per heavy atom. The van der Waals surface area contributed by atoms with Gasteiger partial charge in [0.2, 0.25) is 5.89 Å². The number of furan rings is 1. The molecule has 3 aromatic rings. The minimum absolute atomic E-state index is 0.0732. The molecule has 0 radical (unpaired) electrons. The minimum Gasteiger partial charge on any atom is -0.465 e. The number of rotatable bonds is 10. The van der Waals surface area contributed by atoms with Crippen LogP contribution in [0.15, 0.2) is 51.3 Å². The largest absolute Gasteiger partial charge is 0.465 e. The molecule has 0 unspecified atom stereocenters. The van der Waals surface area contributed by atoms with Crippen molar-refractivity contribution >= 4 is 29.5 Å². The maximum atomic E-state index is 12.2. The molecule has 6 nitrogen and oxygen atoms in total. The normalized spacial score (nSPS) is 14.8. The van der Waals surface area contributed by atoms with Crippen molar-refractivity contribution in [3.63, 3.8) is 0 Å². The van der Waals surface area contributed by atoms with Gasteiger partial charge in [-0.15, -0.1) is 11.8 Å². The van der Waals surface area contributed by atoms with Crippen LogP contribution in [0.4, 0.5) is 5.69 Å². The molecule has 34 heavy (non-hydrogen) atoms. The molecule has 0 N–H and O–H groups in total. The number of esters is 1. The molecule has 0 atom stereocenters. The van der Waals surface area contributed by atoms with Crippen LogP contribution in [0.5, 0.6) is 0 Å². The lowest BCUT2D eigenvalue weighted by Crippen LogP contribution is -2.43. The summed E-state index contributed by atoms with van der Waals surface area (Å²) in [4.78, 5) is 19.0. The number of carbonyl (C=O) groups is 1. The summed E-state index contributed by atoms with van der Waals surface area (Å²) < 4.78 is 16.8. The van der Waals surface area contributed by atoms with Crippen molar-refractivity contribution in [1.82, 2.24) is 4.98 Å². The molecule has 2 heterocycles. The highest BCUT2D eigenvalue weighted by Crippen LogP contribution is 2.45. The van der Waals surface area contributed by atoms with Crippen LogP contribution in [0.1, 0.15) is 49.2 Å². The zero-order valence-corrected chi connectivity index (χ0v) is 21.1. The Hall–Kier alpha value is -2.93. The first-order chi connectivity index (χ1) is 16.4. The van der Waals surface area contributed by atoms with E-state index < -0.39 is 0 Å². The molecule has 2 aromatic heterocycles. The van der Waals surface area contributed by atoms with Crippen LogP contribution in [0.2, 0.25) is 0 Å². The van der Waals surface area contributed by atoms with E-state index >= 15 is 0 Å². The topological polar surface area (TPSA) is 68.7 Å². The molecule has 1 saturated carbocycles. The van der Waals surface area contributed by atoms with Crippen molar-refractivity contribution < 1.29 is 18.4 Å². The molecule has 7 heteroatoms. The molecule has 0 bridgehead atoms. The summed E-state index contributed by atoms with van der Waals surface area (Å²) in [5.41, 5.74) is 2.95. The molecule has 1 aliphatic carbocycles. The van der Waals surface area contributed by atoms with E-state index in [1.165, 1.54) is 0 Å².